The van der Waals surface area contributed by atoms with Gasteiger partial charge in [0.15, 0.2) is 11.5 Å². The number of nitrogens with zero attached hydrogens (tertiary/aromatic N) is 1. The molecule has 1 aromatic heterocycles. The molecule has 0 unspecified atom stereocenters. The highest BCUT2D eigenvalue weighted by atomic mass is 19.4. The topological polar surface area (TPSA) is 69.7 Å². The molecule has 1 heterocycles. The number of benzene rings is 2. The van der Waals surface area contributed by atoms with Crippen molar-refractivity contribution in [1.29, 1.82) is 0 Å². The van der Waals surface area contributed by atoms with Gasteiger partial charge in [-0.2, -0.15) is 0 Å². The van der Waals surface area contributed by atoms with E-state index in [4.69, 9.17) is 9.47 Å². The molecule has 0 atom stereocenters. The normalized spacial score (nSPS) is 11.1. The number of amides is 1. The van der Waals surface area contributed by atoms with Crippen LogP contribution in [0.5, 0.6) is 17.2 Å². The Kier molecular flexibility index (Phi) is 6.76. The lowest BCUT2D eigenvalue weighted by molar-refractivity contribution is -0.275. The predicted octanol–water partition coefficient (Wildman–Crippen LogP) is 5.48. The fourth-order valence-electron chi connectivity index (χ4n) is 2.79. The second-order valence-corrected chi connectivity index (χ2v) is 6.45. The average molecular weight is 432 g/mol. The van der Waals surface area contributed by atoms with Gasteiger partial charge in [0.1, 0.15) is 5.75 Å². The summed E-state index contributed by atoms with van der Waals surface area (Å²) in [6.45, 7) is 2.05. The van der Waals surface area contributed by atoms with E-state index in [1.165, 1.54) is 24.3 Å². The third-order valence-electron chi connectivity index (χ3n) is 4.07. The van der Waals surface area contributed by atoms with Crippen LogP contribution in [0.3, 0.4) is 0 Å². The Balaban J connectivity index is 1.75. The molecule has 0 aliphatic rings. The maximum Gasteiger partial charge on any atom is 0.573 e. The minimum absolute atomic E-state index is 0.114. The molecule has 3 rings (SSSR count). The van der Waals surface area contributed by atoms with Crippen molar-refractivity contribution in [3.63, 3.8) is 0 Å². The van der Waals surface area contributed by atoms with Crippen LogP contribution in [0.15, 0.2) is 60.7 Å². The molecule has 6 nitrogen and oxygen atoms in total. The van der Waals surface area contributed by atoms with Crippen LogP contribution in [-0.4, -0.2) is 24.4 Å². The standard InChI is InChI=1S/C22H19F3N2O4/c1-14-18(11-10-16(26-14)13-29-2)21(28)27-15-6-5-7-17(12-15)30-19-8-3-4-9-20(19)31-22(23,24)25/h3-12H,13H2,1-2H3,(H,27,28). The first-order chi connectivity index (χ1) is 14.7. The number of carbonyl (C=O) groups is 1. The summed E-state index contributed by atoms with van der Waals surface area (Å²) < 4.78 is 52.3. The number of alkyl halides is 3. The molecule has 0 spiro atoms. The molecule has 31 heavy (non-hydrogen) atoms. The number of nitrogens with one attached hydrogen (secondary N) is 1. The Bertz CT molecular complexity index is 1070. The number of halogens is 3. The number of rotatable bonds is 7. The number of pyridine rings is 1. The summed E-state index contributed by atoms with van der Waals surface area (Å²) in [5.41, 5.74) is 2.02. The number of ether oxygens (including phenoxy) is 3. The summed E-state index contributed by atoms with van der Waals surface area (Å²) in [7, 11) is 1.56. The van der Waals surface area contributed by atoms with Crippen molar-refractivity contribution in [1.82, 2.24) is 4.98 Å². The Morgan fingerprint density at radius 2 is 1.77 bits per heavy atom. The lowest BCUT2D eigenvalue weighted by atomic mass is 10.1. The van der Waals surface area contributed by atoms with Gasteiger partial charge in [-0.3, -0.25) is 9.78 Å². The summed E-state index contributed by atoms with van der Waals surface area (Å²) in [4.78, 5) is 16.9. The number of hydrogen-bond acceptors (Lipinski definition) is 5. The van der Waals surface area contributed by atoms with Crippen LogP contribution < -0.4 is 14.8 Å². The number of carbonyl (C=O) groups excluding carboxylic acids is 1. The van der Waals surface area contributed by atoms with Crippen LogP contribution in [-0.2, 0) is 11.3 Å². The van der Waals surface area contributed by atoms with Crippen LogP contribution in [0.2, 0.25) is 0 Å². The molecular weight excluding hydrogens is 413 g/mol. The molecule has 0 aliphatic heterocycles. The summed E-state index contributed by atoms with van der Waals surface area (Å²) in [5, 5.41) is 2.73. The number of aryl methyl sites for hydroxylation is 1. The van der Waals surface area contributed by atoms with E-state index < -0.39 is 12.1 Å². The SMILES string of the molecule is COCc1ccc(C(=O)Nc2cccc(Oc3ccccc3OC(F)(F)F)c2)c(C)n1. The van der Waals surface area contributed by atoms with Crippen LogP contribution in [0.25, 0.3) is 0 Å². The van der Waals surface area contributed by atoms with E-state index in [2.05, 4.69) is 15.0 Å². The molecule has 3 aromatic rings. The number of methoxy groups -OCH3 is 1. The second-order valence-electron chi connectivity index (χ2n) is 6.45. The van der Waals surface area contributed by atoms with Gasteiger partial charge in [0.25, 0.3) is 5.91 Å². The van der Waals surface area contributed by atoms with Crippen molar-refractivity contribution in [2.75, 3.05) is 12.4 Å². The second kappa shape index (κ2) is 9.48. The van der Waals surface area contributed by atoms with Crippen molar-refractivity contribution in [2.45, 2.75) is 19.9 Å². The lowest BCUT2D eigenvalue weighted by Crippen LogP contribution is -2.17. The van der Waals surface area contributed by atoms with E-state index in [0.29, 0.717) is 29.2 Å². The quantitative estimate of drug-likeness (QED) is 0.536. The number of para-hydroxylation sites is 2. The van der Waals surface area contributed by atoms with Gasteiger partial charge < -0.3 is 19.5 Å². The van der Waals surface area contributed by atoms with Gasteiger partial charge in [-0.1, -0.05) is 18.2 Å². The van der Waals surface area contributed by atoms with E-state index in [0.717, 1.165) is 6.07 Å². The largest absolute Gasteiger partial charge is 0.573 e. The Morgan fingerprint density at radius 1 is 1.03 bits per heavy atom. The van der Waals surface area contributed by atoms with Gasteiger partial charge in [-0.05, 0) is 43.3 Å². The van der Waals surface area contributed by atoms with E-state index in [9.17, 15) is 18.0 Å². The summed E-state index contributed by atoms with van der Waals surface area (Å²) in [5.74, 6) is -0.743. The highest BCUT2D eigenvalue weighted by Crippen LogP contribution is 2.35. The van der Waals surface area contributed by atoms with Crippen LogP contribution in [0.4, 0.5) is 18.9 Å². The molecule has 2 aromatic carbocycles. The van der Waals surface area contributed by atoms with Gasteiger partial charge in [-0.15, -0.1) is 13.2 Å². The van der Waals surface area contributed by atoms with E-state index in [1.54, 1.807) is 44.4 Å². The molecule has 0 radical (unpaired) electrons. The van der Waals surface area contributed by atoms with Gasteiger partial charge in [0, 0.05) is 18.9 Å². The number of hydrogen-bond donors (Lipinski definition) is 1. The maximum absolute atomic E-state index is 12.6. The molecule has 9 heteroatoms. The summed E-state index contributed by atoms with van der Waals surface area (Å²) >= 11 is 0. The highest BCUT2D eigenvalue weighted by molar-refractivity contribution is 6.05. The maximum atomic E-state index is 12.6. The fraction of sp³-hybridized carbons (Fsp3) is 0.182. The summed E-state index contributed by atoms with van der Waals surface area (Å²) in [6, 6.07) is 15.0. The average Bonchev–Trinajstić information content (AvgIpc) is 2.69. The highest BCUT2D eigenvalue weighted by Gasteiger charge is 2.32. The van der Waals surface area contributed by atoms with Crippen molar-refractivity contribution in [3.05, 3.63) is 77.6 Å². The number of anilines is 1. The van der Waals surface area contributed by atoms with Crippen LogP contribution in [0.1, 0.15) is 21.7 Å². The van der Waals surface area contributed by atoms with Gasteiger partial charge in [0.05, 0.1) is 23.6 Å². The molecule has 162 valence electrons. The van der Waals surface area contributed by atoms with Crippen molar-refractivity contribution in [3.8, 4) is 17.2 Å². The molecule has 0 fully saturated rings. The molecule has 0 aliphatic carbocycles. The first-order valence-electron chi connectivity index (χ1n) is 9.14. The first-order valence-corrected chi connectivity index (χ1v) is 9.14. The first kappa shape index (κ1) is 22.1. The minimum Gasteiger partial charge on any atom is -0.453 e. The Morgan fingerprint density at radius 3 is 2.45 bits per heavy atom. The molecule has 0 saturated carbocycles. The zero-order valence-electron chi connectivity index (χ0n) is 16.7. The smallest absolute Gasteiger partial charge is 0.453 e. The van der Waals surface area contributed by atoms with Crippen molar-refractivity contribution < 1.29 is 32.2 Å². The zero-order chi connectivity index (χ0) is 22.4. The van der Waals surface area contributed by atoms with Gasteiger partial charge >= 0.3 is 6.36 Å². The third kappa shape index (κ3) is 6.19. The molecular formula is C22H19F3N2O4. The minimum atomic E-state index is -4.85. The van der Waals surface area contributed by atoms with Crippen molar-refractivity contribution in [2.24, 2.45) is 0 Å². The monoisotopic (exact) mass is 432 g/mol. The molecule has 1 amide bonds. The zero-order valence-corrected chi connectivity index (χ0v) is 16.7. The van der Waals surface area contributed by atoms with Gasteiger partial charge in [-0.25, -0.2) is 0 Å². The predicted molar refractivity (Wildman–Crippen MR) is 107 cm³/mol. The number of aromatic nitrogens is 1. The van der Waals surface area contributed by atoms with Crippen molar-refractivity contribution >= 4 is 11.6 Å². The van der Waals surface area contributed by atoms with Crippen LogP contribution in [0, 0.1) is 6.92 Å². The molecule has 0 bridgehead atoms. The molecule has 0 saturated heterocycles. The summed E-state index contributed by atoms with van der Waals surface area (Å²) in [6.07, 6.45) is -4.85. The van der Waals surface area contributed by atoms with E-state index >= 15 is 0 Å². The third-order valence-corrected chi connectivity index (χ3v) is 4.07. The fourth-order valence-corrected chi connectivity index (χ4v) is 2.79. The Hall–Kier alpha value is -3.59. The van der Waals surface area contributed by atoms with E-state index in [-0.39, 0.29) is 17.4 Å². The molecule has 1 N–H and O–H groups in total. The van der Waals surface area contributed by atoms with Gasteiger partial charge in [0.2, 0.25) is 0 Å². The van der Waals surface area contributed by atoms with Crippen LogP contribution >= 0.6 is 0 Å². The Labute approximate surface area is 176 Å². The lowest BCUT2D eigenvalue weighted by Gasteiger charge is -2.14. The van der Waals surface area contributed by atoms with E-state index in [1.807, 2.05) is 0 Å².